The van der Waals surface area contributed by atoms with E-state index < -0.39 is 17.7 Å². The maximum atomic E-state index is 12.9. The summed E-state index contributed by atoms with van der Waals surface area (Å²) in [5.74, 6) is -1.38. The number of halogens is 2. The topological polar surface area (TPSA) is 61.4 Å². The number of urea groups is 1. The van der Waals surface area contributed by atoms with E-state index in [1.54, 1.807) is 0 Å². The highest BCUT2D eigenvalue weighted by Gasteiger charge is 2.15. The third-order valence-electron chi connectivity index (χ3n) is 2.68. The van der Waals surface area contributed by atoms with E-state index in [1.807, 2.05) is 13.8 Å². The molecule has 0 fully saturated rings. The maximum Gasteiger partial charge on any atom is 0.319 e. The van der Waals surface area contributed by atoms with E-state index in [-0.39, 0.29) is 24.3 Å². The molecule has 4 nitrogen and oxygen atoms in total. The summed E-state index contributed by atoms with van der Waals surface area (Å²) >= 11 is 0. The highest BCUT2D eigenvalue weighted by Crippen LogP contribution is 2.13. The molecule has 0 bridgehead atoms. The number of carbonyl (C=O) groups is 1. The zero-order chi connectivity index (χ0) is 14.4. The minimum absolute atomic E-state index is 0.0431. The summed E-state index contributed by atoms with van der Waals surface area (Å²) in [5.41, 5.74) is 0.0431. The Hall–Kier alpha value is -1.69. The predicted octanol–water partition coefficient (Wildman–Crippen LogP) is 2.49. The van der Waals surface area contributed by atoms with E-state index in [0.29, 0.717) is 6.42 Å². The van der Waals surface area contributed by atoms with Crippen molar-refractivity contribution < 1.29 is 18.7 Å². The molecule has 0 aliphatic heterocycles. The summed E-state index contributed by atoms with van der Waals surface area (Å²) in [5, 5.41) is 13.9. The van der Waals surface area contributed by atoms with Crippen molar-refractivity contribution >= 4 is 11.7 Å². The second-order valence-corrected chi connectivity index (χ2v) is 4.62. The van der Waals surface area contributed by atoms with Gasteiger partial charge in [0, 0.05) is 24.4 Å². The number of rotatable bonds is 5. The lowest BCUT2D eigenvalue weighted by Gasteiger charge is -2.21. The van der Waals surface area contributed by atoms with Crippen LogP contribution in [-0.2, 0) is 0 Å². The van der Waals surface area contributed by atoms with Crippen LogP contribution in [0.15, 0.2) is 18.2 Å². The summed E-state index contributed by atoms with van der Waals surface area (Å²) in [6, 6.07) is 2.02. The van der Waals surface area contributed by atoms with Gasteiger partial charge in [-0.1, -0.05) is 13.8 Å². The SMILES string of the molecule is CC(C)C(CCO)NC(=O)Nc1cc(F)cc(F)c1. The zero-order valence-electron chi connectivity index (χ0n) is 10.9. The van der Waals surface area contributed by atoms with E-state index >= 15 is 0 Å². The molecule has 19 heavy (non-hydrogen) atoms. The smallest absolute Gasteiger partial charge is 0.319 e. The fraction of sp³-hybridized carbons (Fsp3) is 0.462. The highest BCUT2D eigenvalue weighted by molar-refractivity contribution is 5.89. The van der Waals surface area contributed by atoms with Gasteiger partial charge in [0.1, 0.15) is 11.6 Å². The van der Waals surface area contributed by atoms with Crippen molar-refractivity contribution in [1.29, 1.82) is 0 Å². The van der Waals surface area contributed by atoms with Crippen LogP contribution in [0.4, 0.5) is 19.3 Å². The molecule has 0 aliphatic carbocycles. The van der Waals surface area contributed by atoms with Crippen LogP contribution < -0.4 is 10.6 Å². The molecule has 0 aromatic heterocycles. The van der Waals surface area contributed by atoms with Crippen molar-refractivity contribution in [3.63, 3.8) is 0 Å². The van der Waals surface area contributed by atoms with E-state index in [1.165, 1.54) is 0 Å². The molecule has 1 rings (SSSR count). The summed E-state index contributed by atoms with van der Waals surface area (Å²) < 4.78 is 25.9. The van der Waals surface area contributed by atoms with Gasteiger partial charge in [-0.3, -0.25) is 0 Å². The second kappa shape index (κ2) is 7.04. The van der Waals surface area contributed by atoms with Crippen LogP contribution in [0.2, 0.25) is 0 Å². The van der Waals surface area contributed by atoms with Gasteiger partial charge in [-0.15, -0.1) is 0 Å². The van der Waals surface area contributed by atoms with Gasteiger partial charge in [0.25, 0.3) is 0 Å². The van der Waals surface area contributed by atoms with Crippen molar-refractivity contribution in [3.8, 4) is 0 Å². The van der Waals surface area contributed by atoms with Gasteiger partial charge in [-0.25, -0.2) is 13.6 Å². The molecule has 0 saturated carbocycles. The molecule has 0 heterocycles. The van der Waals surface area contributed by atoms with Crippen molar-refractivity contribution in [2.45, 2.75) is 26.3 Å². The molecule has 1 atom stereocenters. The molecule has 0 radical (unpaired) electrons. The number of carbonyl (C=O) groups excluding carboxylic acids is 1. The predicted molar refractivity (Wildman–Crippen MR) is 68.8 cm³/mol. The molecule has 2 amide bonds. The first-order chi connectivity index (χ1) is 8.92. The molecule has 1 aromatic rings. The molecule has 0 saturated heterocycles. The van der Waals surface area contributed by atoms with Crippen LogP contribution in [0, 0.1) is 17.6 Å². The summed E-state index contributed by atoms with van der Waals surface area (Å²) in [6.07, 6.45) is 0.419. The number of hydrogen-bond acceptors (Lipinski definition) is 2. The lowest BCUT2D eigenvalue weighted by Crippen LogP contribution is -2.41. The highest BCUT2D eigenvalue weighted by atomic mass is 19.1. The van der Waals surface area contributed by atoms with Crippen LogP contribution in [-0.4, -0.2) is 23.8 Å². The van der Waals surface area contributed by atoms with E-state index in [2.05, 4.69) is 10.6 Å². The maximum absolute atomic E-state index is 12.9. The normalized spacial score (nSPS) is 12.3. The first-order valence-electron chi connectivity index (χ1n) is 6.07. The van der Waals surface area contributed by atoms with Crippen LogP contribution in [0.1, 0.15) is 20.3 Å². The molecule has 3 N–H and O–H groups in total. The monoisotopic (exact) mass is 272 g/mol. The number of aliphatic hydroxyl groups is 1. The van der Waals surface area contributed by atoms with Gasteiger partial charge < -0.3 is 15.7 Å². The van der Waals surface area contributed by atoms with Crippen LogP contribution in [0.5, 0.6) is 0 Å². The average molecular weight is 272 g/mol. The van der Waals surface area contributed by atoms with Gasteiger partial charge in [0.2, 0.25) is 0 Å². The van der Waals surface area contributed by atoms with Crippen molar-refractivity contribution in [2.75, 3.05) is 11.9 Å². The lowest BCUT2D eigenvalue weighted by molar-refractivity contribution is 0.227. The summed E-state index contributed by atoms with van der Waals surface area (Å²) in [4.78, 5) is 11.7. The Balaban J connectivity index is 2.63. The Kier molecular flexibility index (Phi) is 5.69. The fourth-order valence-corrected chi connectivity index (χ4v) is 1.67. The van der Waals surface area contributed by atoms with Crippen molar-refractivity contribution in [1.82, 2.24) is 5.32 Å². The van der Waals surface area contributed by atoms with E-state index in [0.717, 1.165) is 18.2 Å². The van der Waals surface area contributed by atoms with Crippen LogP contribution in [0.25, 0.3) is 0 Å². The summed E-state index contributed by atoms with van der Waals surface area (Å²) in [6.45, 7) is 3.77. The minimum atomic E-state index is -0.758. The first kappa shape index (κ1) is 15.4. The molecule has 0 spiro atoms. The zero-order valence-corrected chi connectivity index (χ0v) is 10.9. The van der Waals surface area contributed by atoms with Crippen molar-refractivity contribution in [3.05, 3.63) is 29.8 Å². The van der Waals surface area contributed by atoms with Crippen molar-refractivity contribution in [2.24, 2.45) is 5.92 Å². The number of anilines is 1. The molecular formula is C13H18F2N2O2. The molecule has 106 valence electrons. The van der Waals surface area contributed by atoms with Gasteiger partial charge in [-0.05, 0) is 24.5 Å². The molecule has 1 unspecified atom stereocenters. The number of amides is 2. The minimum Gasteiger partial charge on any atom is -0.396 e. The molecule has 6 heteroatoms. The average Bonchev–Trinajstić information content (AvgIpc) is 2.26. The molecule has 1 aromatic carbocycles. The summed E-state index contributed by atoms with van der Waals surface area (Å²) in [7, 11) is 0. The molecular weight excluding hydrogens is 254 g/mol. The Labute approximate surface area is 110 Å². The van der Waals surface area contributed by atoms with Crippen LogP contribution >= 0.6 is 0 Å². The number of aliphatic hydroxyl groups excluding tert-OH is 1. The Morgan fingerprint density at radius 2 is 1.84 bits per heavy atom. The lowest BCUT2D eigenvalue weighted by atomic mass is 10.0. The standard InChI is InChI=1S/C13H18F2N2O2/c1-8(2)12(3-4-18)17-13(19)16-11-6-9(14)5-10(15)7-11/h5-8,12,18H,3-4H2,1-2H3,(H2,16,17,19). The fourth-order valence-electron chi connectivity index (χ4n) is 1.67. The van der Waals surface area contributed by atoms with Gasteiger partial charge >= 0.3 is 6.03 Å². The molecule has 0 aliphatic rings. The Morgan fingerprint density at radius 1 is 1.26 bits per heavy atom. The quantitative estimate of drug-likeness (QED) is 0.771. The number of benzene rings is 1. The van der Waals surface area contributed by atoms with Gasteiger partial charge in [0.15, 0.2) is 0 Å². The van der Waals surface area contributed by atoms with E-state index in [4.69, 9.17) is 5.11 Å². The van der Waals surface area contributed by atoms with Crippen LogP contribution in [0.3, 0.4) is 0 Å². The Bertz CT molecular complexity index is 418. The van der Waals surface area contributed by atoms with E-state index in [9.17, 15) is 13.6 Å². The Morgan fingerprint density at radius 3 is 2.32 bits per heavy atom. The first-order valence-corrected chi connectivity index (χ1v) is 6.07. The van der Waals surface area contributed by atoms with Gasteiger partial charge in [-0.2, -0.15) is 0 Å². The number of hydrogen-bond donors (Lipinski definition) is 3. The number of nitrogens with one attached hydrogen (secondary N) is 2. The second-order valence-electron chi connectivity index (χ2n) is 4.62. The van der Waals surface area contributed by atoms with Gasteiger partial charge in [0.05, 0.1) is 0 Å². The third kappa shape index (κ3) is 5.21. The largest absolute Gasteiger partial charge is 0.396 e. The third-order valence-corrected chi connectivity index (χ3v) is 2.68.